The van der Waals surface area contributed by atoms with Gasteiger partial charge < -0.3 is 4.74 Å². The molecule has 0 atom stereocenters. The van der Waals surface area contributed by atoms with Gasteiger partial charge in [0.05, 0.1) is 7.11 Å². The Morgan fingerprint density at radius 3 is 2.59 bits per heavy atom. The van der Waals surface area contributed by atoms with Crippen LogP contribution in [0.5, 0.6) is 0 Å². The Hall–Kier alpha value is -1.61. The number of fused-ring (bicyclic) bond motifs is 1. The fourth-order valence-electron chi connectivity index (χ4n) is 1.60. The summed E-state index contributed by atoms with van der Waals surface area (Å²) in [6.45, 7) is 0. The third-order valence-corrected chi connectivity index (χ3v) is 3.00. The van der Waals surface area contributed by atoms with Gasteiger partial charge in [0.25, 0.3) is 0 Å². The number of methoxy groups -OCH3 is 1. The molecular formula is C14H11BrO2. The number of hydrogen-bond acceptors (Lipinski definition) is 2. The molecule has 2 rings (SSSR count). The Balaban J connectivity index is 2.40. The van der Waals surface area contributed by atoms with Crippen molar-refractivity contribution in [1.82, 2.24) is 0 Å². The molecule has 0 aromatic heterocycles. The van der Waals surface area contributed by atoms with Crippen molar-refractivity contribution >= 4 is 38.7 Å². The van der Waals surface area contributed by atoms with E-state index in [-0.39, 0.29) is 5.97 Å². The van der Waals surface area contributed by atoms with Gasteiger partial charge in [-0.2, -0.15) is 0 Å². The average Bonchev–Trinajstić information content (AvgIpc) is 2.37. The van der Waals surface area contributed by atoms with Crippen LogP contribution in [-0.4, -0.2) is 13.1 Å². The van der Waals surface area contributed by atoms with Crippen molar-refractivity contribution in [3.05, 3.63) is 52.5 Å². The second-order valence-corrected chi connectivity index (χ2v) is 4.44. The molecule has 0 saturated carbocycles. The Bertz CT molecular complexity index is 588. The zero-order valence-electron chi connectivity index (χ0n) is 9.31. The molecule has 2 aromatic carbocycles. The SMILES string of the molecule is COC(=O)/C(Br)=C/c1ccc2ccccc2c1. The molecule has 86 valence electrons. The van der Waals surface area contributed by atoms with Crippen LogP contribution in [0.15, 0.2) is 46.9 Å². The first-order chi connectivity index (χ1) is 8.20. The van der Waals surface area contributed by atoms with Gasteiger partial charge in [-0.3, -0.25) is 0 Å². The molecule has 0 bridgehead atoms. The summed E-state index contributed by atoms with van der Waals surface area (Å²) in [6.07, 6.45) is 1.75. The van der Waals surface area contributed by atoms with Gasteiger partial charge in [-0.1, -0.05) is 36.4 Å². The molecule has 0 unspecified atom stereocenters. The summed E-state index contributed by atoms with van der Waals surface area (Å²) >= 11 is 3.19. The number of esters is 1. The Morgan fingerprint density at radius 1 is 1.18 bits per heavy atom. The van der Waals surface area contributed by atoms with Gasteiger partial charge in [0.1, 0.15) is 4.48 Å². The van der Waals surface area contributed by atoms with Gasteiger partial charge in [-0.15, -0.1) is 0 Å². The zero-order chi connectivity index (χ0) is 12.3. The van der Waals surface area contributed by atoms with E-state index in [0.717, 1.165) is 10.9 Å². The van der Waals surface area contributed by atoms with Crippen LogP contribution >= 0.6 is 15.9 Å². The lowest BCUT2D eigenvalue weighted by Gasteiger charge is -2.00. The first-order valence-electron chi connectivity index (χ1n) is 5.15. The van der Waals surface area contributed by atoms with Crippen molar-refractivity contribution in [2.45, 2.75) is 0 Å². The van der Waals surface area contributed by atoms with Crippen molar-refractivity contribution in [3.63, 3.8) is 0 Å². The fraction of sp³-hybridized carbons (Fsp3) is 0.0714. The summed E-state index contributed by atoms with van der Waals surface area (Å²) in [4.78, 5) is 11.2. The number of carbonyl (C=O) groups is 1. The predicted molar refractivity (Wildman–Crippen MR) is 72.9 cm³/mol. The quantitative estimate of drug-likeness (QED) is 0.622. The van der Waals surface area contributed by atoms with Gasteiger partial charge in [0.2, 0.25) is 0 Å². The van der Waals surface area contributed by atoms with Crippen LogP contribution in [0.3, 0.4) is 0 Å². The van der Waals surface area contributed by atoms with E-state index in [0.29, 0.717) is 4.48 Å². The topological polar surface area (TPSA) is 26.3 Å². The van der Waals surface area contributed by atoms with Crippen LogP contribution in [0, 0.1) is 0 Å². The van der Waals surface area contributed by atoms with E-state index >= 15 is 0 Å². The zero-order valence-corrected chi connectivity index (χ0v) is 10.9. The van der Waals surface area contributed by atoms with Gasteiger partial charge in [0.15, 0.2) is 0 Å². The maximum absolute atomic E-state index is 11.2. The highest BCUT2D eigenvalue weighted by Crippen LogP contribution is 2.19. The number of halogens is 1. The van der Waals surface area contributed by atoms with Crippen LogP contribution in [0.1, 0.15) is 5.56 Å². The molecule has 0 amide bonds. The minimum Gasteiger partial charge on any atom is -0.465 e. The lowest BCUT2D eigenvalue weighted by atomic mass is 10.1. The standard InChI is InChI=1S/C14H11BrO2/c1-17-14(16)13(15)9-10-6-7-11-4-2-3-5-12(11)8-10/h2-9H,1H3/b13-9-. The van der Waals surface area contributed by atoms with E-state index in [9.17, 15) is 4.79 Å². The molecule has 0 aliphatic heterocycles. The molecule has 0 saturated heterocycles. The summed E-state index contributed by atoms with van der Waals surface area (Å²) in [6, 6.07) is 14.1. The molecule has 0 aliphatic rings. The first kappa shape index (κ1) is 11.9. The molecule has 17 heavy (non-hydrogen) atoms. The van der Waals surface area contributed by atoms with Crippen molar-refractivity contribution in [2.75, 3.05) is 7.11 Å². The summed E-state index contributed by atoms with van der Waals surface area (Å²) < 4.78 is 5.03. The van der Waals surface area contributed by atoms with Crippen molar-refractivity contribution in [2.24, 2.45) is 0 Å². The van der Waals surface area contributed by atoms with Crippen LogP contribution in [0.2, 0.25) is 0 Å². The van der Waals surface area contributed by atoms with Crippen molar-refractivity contribution in [3.8, 4) is 0 Å². The summed E-state index contributed by atoms with van der Waals surface area (Å²) in [5.74, 6) is -0.377. The van der Waals surface area contributed by atoms with E-state index in [2.05, 4.69) is 26.7 Å². The maximum Gasteiger partial charge on any atom is 0.344 e. The van der Waals surface area contributed by atoms with Crippen LogP contribution < -0.4 is 0 Å². The molecule has 0 radical (unpaired) electrons. The van der Waals surface area contributed by atoms with E-state index < -0.39 is 0 Å². The van der Waals surface area contributed by atoms with Crippen molar-refractivity contribution in [1.29, 1.82) is 0 Å². The van der Waals surface area contributed by atoms with E-state index in [4.69, 9.17) is 0 Å². The summed E-state index contributed by atoms with van der Waals surface area (Å²) in [5.41, 5.74) is 0.959. The highest BCUT2D eigenvalue weighted by Gasteiger charge is 2.05. The maximum atomic E-state index is 11.2. The third kappa shape index (κ3) is 2.74. The van der Waals surface area contributed by atoms with E-state index in [1.54, 1.807) is 6.08 Å². The molecule has 0 N–H and O–H groups in total. The lowest BCUT2D eigenvalue weighted by molar-refractivity contribution is -0.135. The molecule has 0 aliphatic carbocycles. The predicted octanol–water partition coefficient (Wildman–Crippen LogP) is 3.75. The first-order valence-corrected chi connectivity index (χ1v) is 5.94. The number of rotatable bonds is 2. The highest BCUT2D eigenvalue weighted by atomic mass is 79.9. The fourth-order valence-corrected chi connectivity index (χ4v) is 2.03. The van der Waals surface area contributed by atoms with E-state index in [1.807, 2.05) is 36.4 Å². The average molecular weight is 291 g/mol. The normalized spacial score (nSPS) is 11.5. The summed E-state index contributed by atoms with van der Waals surface area (Å²) in [7, 11) is 1.36. The third-order valence-electron chi connectivity index (χ3n) is 2.45. The lowest BCUT2D eigenvalue weighted by Crippen LogP contribution is -1.98. The van der Waals surface area contributed by atoms with Crippen LogP contribution in [-0.2, 0) is 9.53 Å². The molecular weight excluding hydrogens is 280 g/mol. The highest BCUT2D eigenvalue weighted by molar-refractivity contribution is 9.12. The number of benzene rings is 2. The Morgan fingerprint density at radius 2 is 1.88 bits per heavy atom. The molecule has 0 spiro atoms. The monoisotopic (exact) mass is 290 g/mol. The number of carbonyl (C=O) groups excluding carboxylic acids is 1. The van der Waals surface area contributed by atoms with Crippen LogP contribution in [0.25, 0.3) is 16.8 Å². The largest absolute Gasteiger partial charge is 0.465 e. The molecule has 0 heterocycles. The minimum atomic E-state index is -0.377. The smallest absolute Gasteiger partial charge is 0.344 e. The molecule has 0 fully saturated rings. The van der Waals surface area contributed by atoms with E-state index in [1.165, 1.54) is 12.5 Å². The Kier molecular flexibility index (Phi) is 3.59. The van der Waals surface area contributed by atoms with Crippen LogP contribution in [0.4, 0.5) is 0 Å². The minimum absolute atomic E-state index is 0.377. The van der Waals surface area contributed by atoms with Gasteiger partial charge in [0, 0.05) is 0 Å². The second kappa shape index (κ2) is 5.15. The van der Waals surface area contributed by atoms with Crippen molar-refractivity contribution < 1.29 is 9.53 Å². The van der Waals surface area contributed by atoms with Gasteiger partial charge >= 0.3 is 5.97 Å². The number of ether oxygens (including phenoxy) is 1. The molecule has 2 nitrogen and oxygen atoms in total. The van der Waals surface area contributed by atoms with Gasteiger partial charge in [-0.05, 0) is 44.4 Å². The molecule has 2 aromatic rings. The second-order valence-electron chi connectivity index (χ2n) is 3.59. The Labute approximate surface area is 108 Å². The summed E-state index contributed by atoms with van der Waals surface area (Å²) in [5, 5.41) is 2.32. The van der Waals surface area contributed by atoms with Gasteiger partial charge in [-0.25, -0.2) is 4.79 Å². The number of hydrogen-bond donors (Lipinski definition) is 0. The molecule has 3 heteroatoms.